The standard InChI is InChI=1S/C14H20N2O2/c1-3-5-14(17)16-9-8-12(10-16)18-13-7-4-6-11(2)15-13/h4,6-7,12H,3,5,8-10H2,1-2H3. The first-order valence-electron chi connectivity index (χ1n) is 6.57. The monoisotopic (exact) mass is 248 g/mol. The van der Waals surface area contributed by atoms with Gasteiger partial charge < -0.3 is 9.64 Å². The minimum Gasteiger partial charge on any atom is -0.472 e. The number of pyridine rings is 1. The number of amides is 1. The highest BCUT2D eigenvalue weighted by Crippen LogP contribution is 2.17. The van der Waals surface area contributed by atoms with Crippen LogP contribution >= 0.6 is 0 Å². The van der Waals surface area contributed by atoms with Crippen molar-refractivity contribution in [1.29, 1.82) is 0 Å². The Morgan fingerprint density at radius 3 is 3.11 bits per heavy atom. The largest absolute Gasteiger partial charge is 0.472 e. The van der Waals surface area contributed by atoms with E-state index in [1.54, 1.807) is 0 Å². The van der Waals surface area contributed by atoms with Crippen molar-refractivity contribution >= 4 is 5.91 Å². The molecule has 1 aliphatic rings. The summed E-state index contributed by atoms with van der Waals surface area (Å²) in [7, 11) is 0. The van der Waals surface area contributed by atoms with E-state index in [9.17, 15) is 4.79 Å². The molecule has 1 amide bonds. The van der Waals surface area contributed by atoms with Gasteiger partial charge in [-0.25, -0.2) is 4.98 Å². The first-order chi connectivity index (χ1) is 8.69. The van der Waals surface area contributed by atoms with Crippen molar-refractivity contribution in [2.24, 2.45) is 0 Å². The number of carbonyl (C=O) groups excluding carboxylic acids is 1. The van der Waals surface area contributed by atoms with E-state index in [1.807, 2.05) is 36.9 Å². The Balaban J connectivity index is 1.88. The van der Waals surface area contributed by atoms with E-state index < -0.39 is 0 Å². The van der Waals surface area contributed by atoms with E-state index in [0.717, 1.165) is 25.1 Å². The maximum atomic E-state index is 11.8. The van der Waals surface area contributed by atoms with E-state index in [0.29, 0.717) is 18.8 Å². The van der Waals surface area contributed by atoms with Gasteiger partial charge in [0.1, 0.15) is 6.10 Å². The zero-order chi connectivity index (χ0) is 13.0. The molecule has 1 aliphatic heterocycles. The summed E-state index contributed by atoms with van der Waals surface area (Å²) < 4.78 is 5.81. The molecule has 0 bridgehead atoms. The molecule has 98 valence electrons. The lowest BCUT2D eigenvalue weighted by Gasteiger charge is -2.16. The van der Waals surface area contributed by atoms with Gasteiger partial charge in [0.05, 0.1) is 6.54 Å². The second kappa shape index (κ2) is 5.85. The van der Waals surface area contributed by atoms with Crippen LogP contribution < -0.4 is 4.74 Å². The molecule has 1 saturated heterocycles. The summed E-state index contributed by atoms with van der Waals surface area (Å²) in [5.41, 5.74) is 0.949. The van der Waals surface area contributed by atoms with Crippen LogP contribution in [0.2, 0.25) is 0 Å². The predicted octanol–water partition coefficient (Wildman–Crippen LogP) is 2.17. The Bertz CT molecular complexity index is 420. The van der Waals surface area contributed by atoms with E-state index in [-0.39, 0.29) is 12.0 Å². The van der Waals surface area contributed by atoms with Crippen molar-refractivity contribution < 1.29 is 9.53 Å². The zero-order valence-electron chi connectivity index (χ0n) is 11.1. The summed E-state index contributed by atoms with van der Waals surface area (Å²) in [6.07, 6.45) is 2.51. The Morgan fingerprint density at radius 2 is 2.39 bits per heavy atom. The van der Waals surface area contributed by atoms with Crippen LogP contribution in [0.1, 0.15) is 31.9 Å². The molecular formula is C14H20N2O2. The van der Waals surface area contributed by atoms with Crippen molar-refractivity contribution in [1.82, 2.24) is 9.88 Å². The summed E-state index contributed by atoms with van der Waals surface area (Å²) >= 11 is 0. The van der Waals surface area contributed by atoms with E-state index >= 15 is 0 Å². The average molecular weight is 248 g/mol. The smallest absolute Gasteiger partial charge is 0.222 e. The van der Waals surface area contributed by atoms with E-state index in [4.69, 9.17) is 4.74 Å². The zero-order valence-corrected chi connectivity index (χ0v) is 11.1. The van der Waals surface area contributed by atoms with Crippen LogP contribution in [0.3, 0.4) is 0 Å². The molecule has 1 aromatic heterocycles. The second-order valence-electron chi connectivity index (χ2n) is 4.74. The van der Waals surface area contributed by atoms with Gasteiger partial charge in [-0.15, -0.1) is 0 Å². The van der Waals surface area contributed by atoms with E-state index in [2.05, 4.69) is 4.98 Å². The summed E-state index contributed by atoms with van der Waals surface area (Å²) in [4.78, 5) is 18.0. The molecule has 2 heterocycles. The normalized spacial score (nSPS) is 19.0. The molecular weight excluding hydrogens is 228 g/mol. The van der Waals surface area contributed by atoms with Crippen LogP contribution in [0.5, 0.6) is 5.88 Å². The van der Waals surface area contributed by atoms with Crippen molar-refractivity contribution in [3.05, 3.63) is 23.9 Å². The van der Waals surface area contributed by atoms with Crippen LogP contribution in [-0.2, 0) is 4.79 Å². The summed E-state index contributed by atoms with van der Waals surface area (Å²) in [6.45, 7) is 5.46. The molecule has 1 fully saturated rings. The molecule has 0 N–H and O–H groups in total. The molecule has 4 heteroatoms. The molecule has 1 unspecified atom stereocenters. The number of aryl methyl sites for hydroxylation is 1. The first kappa shape index (κ1) is 12.9. The molecule has 0 saturated carbocycles. The van der Waals surface area contributed by atoms with Gasteiger partial charge in [-0.1, -0.05) is 13.0 Å². The number of likely N-dealkylation sites (tertiary alicyclic amines) is 1. The summed E-state index contributed by atoms with van der Waals surface area (Å²) in [5.74, 6) is 0.894. The minimum absolute atomic E-state index is 0.0834. The van der Waals surface area contributed by atoms with Gasteiger partial charge in [0, 0.05) is 31.1 Å². The Kier molecular flexibility index (Phi) is 4.18. The van der Waals surface area contributed by atoms with Crippen LogP contribution in [0.15, 0.2) is 18.2 Å². The van der Waals surface area contributed by atoms with Crippen molar-refractivity contribution in [2.75, 3.05) is 13.1 Å². The SMILES string of the molecule is CCCC(=O)N1CCC(Oc2cccc(C)n2)C1. The quantitative estimate of drug-likeness (QED) is 0.820. The third kappa shape index (κ3) is 3.22. The molecule has 2 rings (SSSR count). The van der Waals surface area contributed by atoms with Gasteiger partial charge in [0.25, 0.3) is 0 Å². The Labute approximate surface area is 108 Å². The fourth-order valence-electron chi connectivity index (χ4n) is 2.18. The van der Waals surface area contributed by atoms with E-state index in [1.165, 1.54) is 0 Å². The van der Waals surface area contributed by atoms with Gasteiger partial charge in [-0.2, -0.15) is 0 Å². The topological polar surface area (TPSA) is 42.4 Å². The van der Waals surface area contributed by atoms with Gasteiger partial charge in [0.15, 0.2) is 0 Å². The highest BCUT2D eigenvalue weighted by molar-refractivity contribution is 5.76. The van der Waals surface area contributed by atoms with Crippen LogP contribution in [0.25, 0.3) is 0 Å². The highest BCUT2D eigenvalue weighted by Gasteiger charge is 2.27. The average Bonchev–Trinajstić information content (AvgIpc) is 2.78. The molecule has 18 heavy (non-hydrogen) atoms. The summed E-state index contributed by atoms with van der Waals surface area (Å²) in [6, 6.07) is 5.74. The molecule has 1 atom stereocenters. The van der Waals surface area contributed by atoms with Crippen LogP contribution in [-0.4, -0.2) is 35.0 Å². The van der Waals surface area contributed by atoms with Gasteiger partial charge in [-0.3, -0.25) is 4.79 Å². The molecule has 4 nitrogen and oxygen atoms in total. The lowest BCUT2D eigenvalue weighted by molar-refractivity contribution is -0.130. The predicted molar refractivity (Wildman–Crippen MR) is 69.5 cm³/mol. The van der Waals surface area contributed by atoms with Crippen molar-refractivity contribution in [2.45, 2.75) is 39.2 Å². The number of nitrogens with zero attached hydrogens (tertiary/aromatic N) is 2. The number of hydrogen-bond donors (Lipinski definition) is 0. The molecule has 0 radical (unpaired) electrons. The maximum absolute atomic E-state index is 11.8. The highest BCUT2D eigenvalue weighted by atomic mass is 16.5. The second-order valence-corrected chi connectivity index (χ2v) is 4.74. The molecule has 0 aromatic carbocycles. The number of ether oxygens (including phenoxy) is 1. The van der Waals surface area contributed by atoms with Crippen LogP contribution in [0, 0.1) is 6.92 Å². The van der Waals surface area contributed by atoms with Gasteiger partial charge in [-0.05, 0) is 19.4 Å². The van der Waals surface area contributed by atoms with Crippen LogP contribution in [0.4, 0.5) is 0 Å². The molecule has 0 aliphatic carbocycles. The first-order valence-corrected chi connectivity index (χ1v) is 6.57. The number of aromatic nitrogens is 1. The number of hydrogen-bond acceptors (Lipinski definition) is 3. The third-order valence-electron chi connectivity index (χ3n) is 3.11. The van der Waals surface area contributed by atoms with Crippen molar-refractivity contribution in [3.8, 4) is 5.88 Å². The molecule has 1 aromatic rings. The minimum atomic E-state index is 0.0834. The lowest BCUT2D eigenvalue weighted by Crippen LogP contribution is -2.30. The Hall–Kier alpha value is -1.58. The Morgan fingerprint density at radius 1 is 1.56 bits per heavy atom. The van der Waals surface area contributed by atoms with Gasteiger partial charge >= 0.3 is 0 Å². The fraction of sp³-hybridized carbons (Fsp3) is 0.571. The van der Waals surface area contributed by atoms with Crippen molar-refractivity contribution in [3.63, 3.8) is 0 Å². The fourth-order valence-corrected chi connectivity index (χ4v) is 2.18. The number of carbonyl (C=O) groups is 1. The number of rotatable bonds is 4. The third-order valence-corrected chi connectivity index (χ3v) is 3.11. The molecule has 0 spiro atoms. The summed E-state index contributed by atoms with van der Waals surface area (Å²) in [5, 5.41) is 0. The lowest BCUT2D eigenvalue weighted by atomic mass is 10.3. The maximum Gasteiger partial charge on any atom is 0.222 e. The van der Waals surface area contributed by atoms with Gasteiger partial charge in [0.2, 0.25) is 11.8 Å².